The molecule has 0 aliphatic carbocycles. The molecule has 0 spiro atoms. The van der Waals surface area contributed by atoms with Gasteiger partial charge in [0, 0.05) is 25.0 Å². The monoisotopic (exact) mass is 337 g/mol. The van der Waals surface area contributed by atoms with Crippen LogP contribution in [0.25, 0.3) is 10.2 Å². The molecular weight excluding hydrogens is 318 g/mol. The molecule has 22 heavy (non-hydrogen) atoms. The summed E-state index contributed by atoms with van der Waals surface area (Å²) in [7, 11) is 0. The fourth-order valence-electron chi connectivity index (χ4n) is 2.77. The molecule has 0 atom stereocenters. The van der Waals surface area contributed by atoms with Crippen LogP contribution >= 0.6 is 22.9 Å². The maximum absolute atomic E-state index is 12.1. The highest BCUT2D eigenvalue weighted by Crippen LogP contribution is 2.34. The molecule has 1 aromatic heterocycles. The molecule has 4 nitrogen and oxygen atoms in total. The summed E-state index contributed by atoms with van der Waals surface area (Å²) in [6, 6.07) is 6.08. The molecule has 1 amide bonds. The van der Waals surface area contributed by atoms with E-state index in [2.05, 4.69) is 15.2 Å². The summed E-state index contributed by atoms with van der Waals surface area (Å²) < 4.78 is 1.11. The number of carbonyl (C=O) groups is 1. The maximum atomic E-state index is 12.1. The van der Waals surface area contributed by atoms with E-state index in [0.29, 0.717) is 5.02 Å². The van der Waals surface area contributed by atoms with E-state index in [1.165, 1.54) is 0 Å². The summed E-state index contributed by atoms with van der Waals surface area (Å²) >= 11 is 7.86. The Kier molecular flexibility index (Phi) is 4.54. The van der Waals surface area contributed by atoms with Crippen molar-refractivity contribution in [3.63, 3.8) is 0 Å². The Morgan fingerprint density at radius 3 is 2.77 bits per heavy atom. The van der Waals surface area contributed by atoms with E-state index in [1.54, 1.807) is 11.3 Å². The van der Waals surface area contributed by atoms with Crippen LogP contribution in [-0.2, 0) is 4.79 Å². The summed E-state index contributed by atoms with van der Waals surface area (Å²) in [5, 5.41) is 4.71. The van der Waals surface area contributed by atoms with Crippen LogP contribution in [0.4, 0.5) is 5.13 Å². The van der Waals surface area contributed by atoms with Crippen molar-refractivity contribution in [3.05, 3.63) is 23.2 Å². The molecule has 0 radical (unpaired) electrons. The first-order valence-corrected chi connectivity index (χ1v) is 8.84. The lowest BCUT2D eigenvalue weighted by atomic mass is 9.96. The third kappa shape index (κ3) is 3.20. The van der Waals surface area contributed by atoms with Crippen LogP contribution in [0, 0.1) is 5.92 Å². The van der Waals surface area contributed by atoms with Gasteiger partial charge in [-0.3, -0.25) is 4.79 Å². The van der Waals surface area contributed by atoms with Crippen LogP contribution in [0.1, 0.15) is 26.7 Å². The number of hydrogen-bond donors (Lipinski definition) is 1. The van der Waals surface area contributed by atoms with E-state index in [4.69, 9.17) is 11.6 Å². The molecule has 1 N–H and O–H groups in total. The molecule has 6 heteroatoms. The highest BCUT2D eigenvalue weighted by atomic mass is 35.5. The topological polar surface area (TPSA) is 45.2 Å². The fourth-order valence-corrected chi connectivity index (χ4v) is 4.09. The predicted octanol–water partition coefficient (Wildman–Crippen LogP) is 3.69. The quantitative estimate of drug-likeness (QED) is 0.929. The smallest absolute Gasteiger partial charge is 0.223 e. The van der Waals surface area contributed by atoms with Gasteiger partial charge in [-0.1, -0.05) is 29.0 Å². The van der Waals surface area contributed by atoms with Gasteiger partial charge in [0.05, 0.1) is 9.72 Å². The first-order valence-electron chi connectivity index (χ1n) is 7.65. The van der Waals surface area contributed by atoms with Gasteiger partial charge in [0.25, 0.3) is 0 Å². The number of anilines is 1. The van der Waals surface area contributed by atoms with E-state index in [0.717, 1.165) is 41.3 Å². The highest BCUT2D eigenvalue weighted by molar-refractivity contribution is 7.22. The standard InChI is InChI=1S/C16H20ClN3OS/c1-10(2)18-15(21)11-6-8-20(9-7-11)16-19-14-12(17)4-3-5-13(14)22-16/h3-5,10-11H,6-9H2,1-2H3,(H,18,21). The van der Waals surface area contributed by atoms with Gasteiger partial charge < -0.3 is 10.2 Å². The third-order valence-corrected chi connectivity index (χ3v) is 5.31. The van der Waals surface area contributed by atoms with Gasteiger partial charge in [0.15, 0.2) is 5.13 Å². The van der Waals surface area contributed by atoms with Crippen molar-refractivity contribution in [1.82, 2.24) is 10.3 Å². The maximum Gasteiger partial charge on any atom is 0.223 e. The van der Waals surface area contributed by atoms with Gasteiger partial charge >= 0.3 is 0 Å². The van der Waals surface area contributed by atoms with Gasteiger partial charge in [-0.2, -0.15) is 0 Å². The minimum absolute atomic E-state index is 0.122. The summed E-state index contributed by atoms with van der Waals surface area (Å²) in [6.45, 7) is 5.73. The molecule has 1 fully saturated rings. The Bertz CT molecular complexity index is 677. The number of nitrogens with zero attached hydrogens (tertiary/aromatic N) is 2. The zero-order chi connectivity index (χ0) is 15.7. The first-order chi connectivity index (χ1) is 10.5. The number of halogens is 1. The second-order valence-electron chi connectivity index (χ2n) is 6.01. The van der Waals surface area contributed by atoms with Gasteiger partial charge in [-0.15, -0.1) is 0 Å². The Hall–Kier alpha value is -1.33. The second kappa shape index (κ2) is 6.42. The first kappa shape index (κ1) is 15.6. The molecule has 0 unspecified atom stereocenters. The third-order valence-electron chi connectivity index (χ3n) is 3.93. The average molecular weight is 338 g/mol. The molecule has 1 aliphatic rings. The van der Waals surface area contributed by atoms with Crippen molar-refractivity contribution in [2.75, 3.05) is 18.0 Å². The molecule has 2 heterocycles. The molecule has 0 saturated carbocycles. The van der Waals surface area contributed by atoms with E-state index in [-0.39, 0.29) is 17.9 Å². The van der Waals surface area contributed by atoms with Crippen LogP contribution in [0.15, 0.2) is 18.2 Å². The van der Waals surface area contributed by atoms with Crippen molar-refractivity contribution in [3.8, 4) is 0 Å². The summed E-state index contributed by atoms with van der Waals surface area (Å²) in [5.41, 5.74) is 0.879. The molecule has 3 rings (SSSR count). The summed E-state index contributed by atoms with van der Waals surface area (Å²) in [4.78, 5) is 19.0. The molecule has 2 aromatic rings. The number of hydrogen-bond acceptors (Lipinski definition) is 4. The summed E-state index contributed by atoms with van der Waals surface area (Å²) in [5.74, 6) is 0.304. The van der Waals surface area contributed by atoms with Crippen LogP contribution in [-0.4, -0.2) is 30.0 Å². The van der Waals surface area contributed by atoms with Crippen LogP contribution in [0.2, 0.25) is 5.02 Å². The lowest BCUT2D eigenvalue weighted by molar-refractivity contribution is -0.126. The number of fused-ring (bicyclic) bond motifs is 1. The van der Waals surface area contributed by atoms with E-state index in [1.807, 2.05) is 32.0 Å². The second-order valence-corrected chi connectivity index (χ2v) is 7.42. The lowest BCUT2D eigenvalue weighted by Crippen LogP contribution is -2.42. The molecule has 1 aromatic carbocycles. The van der Waals surface area contributed by atoms with E-state index in [9.17, 15) is 4.79 Å². The Labute approximate surface area is 139 Å². The predicted molar refractivity (Wildman–Crippen MR) is 92.8 cm³/mol. The van der Waals surface area contributed by atoms with E-state index < -0.39 is 0 Å². The van der Waals surface area contributed by atoms with E-state index >= 15 is 0 Å². The zero-order valence-corrected chi connectivity index (χ0v) is 14.4. The van der Waals surface area contributed by atoms with Crippen molar-refractivity contribution >= 4 is 44.2 Å². The van der Waals surface area contributed by atoms with Gasteiger partial charge in [0.2, 0.25) is 5.91 Å². The van der Waals surface area contributed by atoms with Crippen LogP contribution in [0.5, 0.6) is 0 Å². The zero-order valence-electron chi connectivity index (χ0n) is 12.8. The number of nitrogens with one attached hydrogen (secondary N) is 1. The lowest BCUT2D eigenvalue weighted by Gasteiger charge is -2.31. The highest BCUT2D eigenvalue weighted by Gasteiger charge is 2.26. The normalized spacial score (nSPS) is 16.5. The Balaban J connectivity index is 1.68. The average Bonchev–Trinajstić information content (AvgIpc) is 2.92. The van der Waals surface area contributed by atoms with Gasteiger partial charge in [0.1, 0.15) is 5.52 Å². The van der Waals surface area contributed by atoms with Crippen molar-refractivity contribution in [2.24, 2.45) is 5.92 Å². The minimum Gasteiger partial charge on any atom is -0.354 e. The fraction of sp³-hybridized carbons (Fsp3) is 0.500. The summed E-state index contributed by atoms with van der Waals surface area (Å²) in [6.07, 6.45) is 1.75. The van der Waals surface area contributed by atoms with Crippen molar-refractivity contribution in [2.45, 2.75) is 32.7 Å². The number of aromatic nitrogens is 1. The molecule has 1 aliphatic heterocycles. The molecule has 0 bridgehead atoms. The number of amides is 1. The van der Waals surface area contributed by atoms with Gasteiger partial charge in [-0.25, -0.2) is 4.98 Å². The SMILES string of the molecule is CC(C)NC(=O)C1CCN(c2nc3c(Cl)cccc3s2)CC1. The Morgan fingerprint density at radius 1 is 1.41 bits per heavy atom. The van der Waals surface area contributed by atoms with Gasteiger partial charge in [-0.05, 0) is 38.8 Å². The number of para-hydroxylation sites is 1. The van der Waals surface area contributed by atoms with Crippen LogP contribution < -0.4 is 10.2 Å². The number of rotatable bonds is 3. The van der Waals surface area contributed by atoms with Crippen LogP contribution in [0.3, 0.4) is 0 Å². The molecule has 1 saturated heterocycles. The molecule has 118 valence electrons. The Morgan fingerprint density at radius 2 is 2.14 bits per heavy atom. The number of carbonyl (C=O) groups excluding carboxylic acids is 1. The number of benzene rings is 1. The van der Waals surface area contributed by atoms with Crippen molar-refractivity contribution in [1.29, 1.82) is 0 Å². The number of piperidine rings is 1. The largest absolute Gasteiger partial charge is 0.354 e. The molecular formula is C16H20ClN3OS. The van der Waals surface area contributed by atoms with Crippen molar-refractivity contribution < 1.29 is 4.79 Å². The number of thiazole rings is 1. The minimum atomic E-state index is 0.122.